The summed E-state index contributed by atoms with van der Waals surface area (Å²) in [4.78, 5) is 0. The molecular weight excluding hydrogens is 212 g/mol. The van der Waals surface area contributed by atoms with Crippen LogP contribution in [0.5, 0.6) is 0 Å². The Morgan fingerprint density at radius 1 is 1.18 bits per heavy atom. The fourth-order valence-corrected chi connectivity index (χ4v) is 3.42. The lowest BCUT2D eigenvalue weighted by atomic mass is 9.87. The second-order valence-electron chi connectivity index (χ2n) is 6.10. The van der Waals surface area contributed by atoms with Gasteiger partial charge in [-0.25, -0.2) is 0 Å². The van der Waals surface area contributed by atoms with Crippen molar-refractivity contribution in [1.82, 2.24) is 0 Å². The van der Waals surface area contributed by atoms with Crippen LogP contribution in [0.2, 0.25) is 0 Å². The highest BCUT2D eigenvalue weighted by Crippen LogP contribution is 2.35. The topological polar surface area (TPSA) is 29.5 Å². The molecule has 2 rings (SSSR count). The van der Waals surface area contributed by atoms with Crippen LogP contribution in [-0.4, -0.2) is 23.4 Å². The highest BCUT2D eigenvalue weighted by molar-refractivity contribution is 4.84. The Balaban J connectivity index is 1.76. The van der Waals surface area contributed by atoms with E-state index in [1.165, 1.54) is 38.5 Å². The lowest BCUT2D eigenvalue weighted by Gasteiger charge is -2.28. The molecule has 17 heavy (non-hydrogen) atoms. The molecule has 0 bridgehead atoms. The quantitative estimate of drug-likeness (QED) is 0.760. The van der Waals surface area contributed by atoms with Crippen LogP contribution in [0.1, 0.15) is 71.1 Å². The summed E-state index contributed by atoms with van der Waals surface area (Å²) in [6, 6.07) is 0. The number of aliphatic hydroxyl groups is 1. The Labute approximate surface area is 106 Å². The van der Waals surface area contributed by atoms with Crippen molar-refractivity contribution in [2.45, 2.75) is 82.8 Å². The molecule has 0 aromatic heterocycles. The van der Waals surface area contributed by atoms with Crippen LogP contribution in [0.3, 0.4) is 0 Å². The molecule has 2 heteroatoms. The van der Waals surface area contributed by atoms with Gasteiger partial charge in [0, 0.05) is 6.61 Å². The Morgan fingerprint density at radius 2 is 2.06 bits per heavy atom. The van der Waals surface area contributed by atoms with Gasteiger partial charge in [-0.2, -0.15) is 0 Å². The van der Waals surface area contributed by atoms with E-state index >= 15 is 0 Å². The van der Waals surface area contributed by atoms with E-state index < -0.39 is 0 Å². The molecule has 0 radical (unpaired) electrons. The molecule has 3 unspecified atom stereocenters. The van der Waals surface area contributed by atoms with Crippen LogP contribution in [-0.2, 0) is 4.74 Å². The zero-order valence-corrected chi connectivity index (χ0v) is 11.3. The van der Waals surface area contributed by atoms with Gasteiger partial charge in [-0.05, 0) is 50.9 Å². The lowest BCUT2D eigenvalue weighted by molar-refractivity contribution is -0.00240. The highest BCUT2D eigenvalue weighted by atomic mass is 16.5. The number of rotatable bonds is 4. The van der Waals surface area contributed by atoms with Gasteiger partial charge in [0.2, 0.25) is 0 Å². The van der Waals surface area contributed by atoms with E-state index in [0.717, 1.165) is 38.2 Å². The van der Waals surface area contributed by atoms with Gasteiger partial charge in [-0.3, -0.25) is 0 Å². The standard InChI is InChI=1S/C15H28O2/c1-2-13-5-3-9-15(16,10-7-13)11-8-14-6-4-12-17-14/h13-14,16H,2-12H2,1H3. The molecule has 1 saturated carbocycles. The molecular formula is C15H28O2. The van der Waals surface area contributed by atoms with Crippen molar-refractivity contribution in [2.75, 3.05) is 6.61 Å². The molecule has 1 heterocycles. The minimum Gasteiger partial charge on any atom is -0.390 e. The zero-order valence-electron chi connectivity index (χ0n) is 11.3. The van der Waals surface area contributed by atoms with Crippen molar-refractivity contribution in [2.24, 2.45) is 5.92 Å². The minimum absolute atomic E-state index is 0.379. The van der Waals surface area contributed by atoms with E-state index in [-0.39, 0.29) is 5.60 Å². The Kier molecular flexibility index (Phi) is 4.87. The van der Waals surface area contributed by atoms with Crippen LogP contribution in [0.4, 0.5) is 0 Å². The summed E-state index contributed by atoms with van der Waals surface area (Å²) in [6.45, 7) is 3.21. The van der Waals surface area contributed by atoms with Gasteiger partial charge in [0.1, 0.15) is 0 Å². The summed E-state index contributed by atoms with van der Waals surface area (Å²) in [7, 11) is 0. The van der Waals surface area contributed by atoms with Gasteiger partial charge in [0.25, 0.3) is 0 Å². The molecule has 0 aromatic carbocycles. The van der Waals surface area contributed by atoms with E-state index in [0.29, 0.717) is 6.10 Å². The first kappa shape index (κ1) is 13.4. The molecule has 1 aliphatic carbocycles. The molecule has 2 nitrogen and oxygen atoms in total. The zero-order chi connectivity index (χ0) is 12.1. The molecule has 2 fully saturated rings. The number of hydrogen-bond acceptors (Lipinski definition) is 2. The predicted octanol–water partition coefficient (Wildman–Crippen LogP) is 3.67. The van der Waals surface area contributed by atoms with E-state index in [1.807, 2.05) is 0 Å². The molecule has 1 N–H and O–H groups in total. The van der Waals surface area contributed by atoms with E-state index in [1.54, 1.807) is 0 Å². The third kappa shape index (κ3) is 3.96. The highest BCUT2D eigenvalue weighted by Gasteiger charge is 2.31. The normalized spacial score (nSPS) is 39.2. The third-order valence-electron chi connectivity index (χ3n) is 4.81. The van der Waals surface area contributed by atoms with Crippen molar-refractivity contribution in [3.63, 3.8) is 0 Å². The van der Waals surface area contributed by atoms with E-state index in [9.17, 15) is 5.11 Å². The summed E-state index contributed by atoms with van der Waals surface area (Å²) in [5, 5.41) is 10.7. The third-order valence-corrected chi connectivity index (χ3v) is 4.81. The average molecular weight is 240 g/mol. The second kappa shape index (κ2) is 6.19. The largest absolute Gasteiger partial charge is 0.390 e. The van der Waals surface area contributed by atoms with Crippen molar-refractivity contribution in [3.05, 3.63) is 0 Å². The van der Waals surface area contributed by atoms with Gasteiger partial charge < -0.3 is 9.84 Å². The number of ether oxygens (including phenoxy) is 1. The van der Waals surface area contributed by atoms with Gasteiger partial charge >= 0.3 is 0 Å². The van der Waals surface area contributed by atoms with Crippen LogP contribution in [0, 0.1) is 5.92 Å². The number of hydrogen-bond donors (Lipinski definition) is 1. The Hall–Kier alpha value is -0.0800. The molecule has 3 atom stereocenters. The molecule has 2 aliphatic rings. The maximum atomic E-state index is 10.7. The van der Waals surface area contributed by atoms with Crippen LogP contribution >= 0.6 is 0 Å². The molecule has 1 aliphatic heterocycles. The first-order valence-corrected chi connectivity index (χ1v) is 7.56. The first-order chi connectivity index (χ1) is 8.22. The van der Waals surface area contributed by atoms with Crippen molar-refractivity contribution < 1.29 is 9.84 Å². The molecule has 0 amide bonds. The van der Waals surface area contributed by atoms with Crippen LogP contribution in [0.25, 0.3) is 0 Å². The predicted molar refractivity (Wildman–Crippen MR) is 70.0 cm³/mol. The molecule has 0 aromatic rings. The van der Waals surface area contributed by atoms with Gasteiger partial charge in [-0.15, -0.1) is 0 Å². The average Bonchev–Trinajstić information content (AvgIpc) is 2.77. The van der Waals surface area contributed by atoms with Crippen molar-refractivity contribution in [1.29, 1.82) is 0 Å². The van der Waals surface area contributed by atoms with Crippen LogP contribution < -0.4 is 0 Å². The smallest absolute Gasteiger partial charge is 0.0648 e. The summed E-state index contributed by atoms with van der Waals surface area (Å²) in [6.07, 6.45) is 11.9. The second-order valence-corrected chi connectivity index (χ2v) is 6.10. The lowest BCUT2D eigenvalue weighted by Crippen LogP contribution is -2.29. The minimum atomic E-state index is -0.379. The Bertz CT molecular complexity index is 223. The maximum Gasteiger partial charge on any atom is 0.0648 e. The SMILES string of the molecule is CCC1CCCC(O)(CCC2CCCO2)CC1. The summed E-state index contributed by atoms with van der Waals surface area (Å²) >= 11 is 0. The fourth-order valence-electron chi connectivity index (χ4n) is 3.42. The van der Waals surface area contributed by atoms with E-state index in [4.69, 9.17) is 4.74 Å². The van der Waals surface area contributed by atoms with E-state index in [2.05, 4.69) is 6.92 Å². The van der Waals surface area contributed by atoms with Gasteiger partial charge in [0.15, 0.2) is 0 Å². The van der Waals surface area contributed by atoms with Crippen molar-refractivity contribution in [3.8, 4) is 0 Å². The fraction of sp³-hybridized carbons (Fsp3) is 1.00. The van der Waals surface area contributed by atoms with Crippen LogP contribution in [0.15, 0.2) is 0 Å². The Morgan fingerprint density at radius 3 is 2.76 bits per heavy atom. The maximum absolute atomic E-state index is 10.7. The molecule has 100 valence electrons. The van der Waals surface area contributed by atoms with Crippen molar-refractivity contribution >= 4 is 0 Å². The van der Waals surface area contributed by atoms with Gasteiger partial charge in [-0.1, -0.05) is 26.2 Å². The monoisotopic (exact) mass is 240 g/mol. The van der Waals surface area contributed by atoms with Gasteiger partial charge in [0.05, 0.1) is 11.7 Å². The summed E-state index contributed by atoms with van der Waals surface area (Å²) in [5.74, 6) is 0.853. The summed E-state index contributed by atoms with van der Waals surface area (Å²) < 4.78 is 5.65. The summed E-state index contributed by atoms with van der Waals surface area (Å²) in [5.41, 5.74) is -0.379. The molecule has 1 saturated heterocycles. The first-order valence-electron chi connectivity index (χ1n) is 7.56. The molecule has 0 spiro atoms.